The van der Waals surface area contributed by atoms with Gasteiger partial charge in [-0.15, -0.1) is 0 Å². The van der Waals surface area contributed by atoms with Crippen molar-refractivity contribution in [2.75, 3.05) is 0 Å². The van der Waals surface area contributed by atoms with E-state index in [1.54, 1.807) is 0 Å². The maximum absolute atomic E-state index is 12.8. The second kappa shape index (κ2) is 4.45. The number of amides is 1. The van der Waals surface area contributed by atoms with Crippen molar-refractivity contribution in [3.05, 3.63) is 71.7 Å². The molecule has 2 atom stereocenters. The molecule has 2 N–H and O–H groups in total. The predicted octanol–water partition coefficient (Wildman–Crippen LogP) is 0.297. The number of benzene rings is 1. The summed E-state index contributed by atoms with van der Waals surface area (Å²) in [6, 6.07) is 7.74. The molecule has 0 radical (unpaired) electrons. The maximum atomic E-state index is 12.8. The van der Waals surface area contributed by atoms with E-state index in [-0.39, 0.29) is 18.0 Å². The van der Waals surface area contributed by atoms with E-state index < -0.39 is 0 Å². The first-order valence-electron chi connectivity index (χ1n) is 7.08. The highest BCUT2D eigenvalue weighted by Crippen LogP contribution is 2.29. The zero-order chi connectivity index (χ0) is 14.4. The summed E-state index contributed by atoms with van der Waals surface area (Å²) in [6.45, 7) is 2.04. The fourth-order valence-electron chi connectivity index (χ4n) is 3.05. The van der Waals surface area contributed by atoms with E-state index in [0.29, 0.717) is 0 Å². The third-order valence-corrected chi connectivity index (χ3v) is 4.06. The van der Waals surface area contributed by atoms with Gasteiger partial charge in [0, 0.05) is 6.08 Å². The second-order valence-electron chi connectivity index (χ2n) is 5.52. The molecule has 0 saturated carbocycles. The lowest BCUT2D eigenvalue weighted by Crippen LogP contribution is -2.74. The molecule has 4 nitrogen and oxygen atoms in total. The summed E-state index contributed by atoms with van der Waals surface area (Å²) in [5.41, 5.74) is 3.19. The van der Waals surface area contributed by atoms with Gasteiger partial charge in [0.15, 0.2) is 5.82 Å². The molecule has 104 valence electrons. The van der Waals surface area contributed by atoms with Crippen LogP contribution in [0.4, 0.5) is 0 Å². The van der Waals surface area contributed by atoms with Crippen LogP contribution in [0.25, 0.3) is 0 Å². The van der Waals surface area contributed by atoms with Gasteiger partial charge in [-0.25, -0.2) is 4.99 Å². The molecule has 1 aromatic carbocycles. The molecular weight excluding hydrogens is 262 g/mol. The molecule has 1 amide bonds. The summed E-state index contributed by atoms with van der Waals surface area (Å²) in [6.07, 6.45) is 9.86. The van der Waals surface area contributed by atoms with Gasteiger partial charge in [-0.05, 0) is 12.5 Å². The van der Waals surface area contributed by atoms with Gasteiger partial charge in [0.05, 0.1) is 0 Å². The number of hydrogen-bond acceptors (Lipinski definition) is 2. The molecule has 4 rings (SSSR count). The Bertz CT molecular complexity index is 742. The van der Waals surface area contributed by atoms with Crippen molar-refractivity contribution in [2.45, 2.75) is 19.0 Å². The Balaban J connectivity index is 1.71. The number of rotatable bonds is 1. The smallest absolute Gasteiger partial charge is 0.256 e. The fourth-order valence-corrected chi connectivity index (χ4v) is 3.05. The number of nitrogens with one attached hydrogen (secondary N) is 2. The minimum absolute atomic E-state index is 0.0372. The van der Waals surface area contributed by atoms with Crippen molar-refractivity contribution < 1.29 is 9.79 Å². The first-order valence-corrected chi connectivity index (χ1v) is 7.08. The van der Waals surface area contributed by atoms with E-state index in [1.807, 2.05) is 60.5 Å². The van der Waals surface area contributed by atoms with Crippen molar-refractivity contribution in [3.8, 4) is 0 Å². The summed E-state index contributed by atoms with van der Waals surface area (Å²) >= 11 is 0. The highest BCUT2D eigenvalue weighted by atomic mass is 16.2. The van der Waals surface area contributed by atoms with Crippen molar-refractivity contribution >= 4 is 11.6 Å². The highest BCUT2D eigenvalue weighted by Gasteiger charge is 2.45. The van der Waals surface area contributed by atoms with E-state index in [1.165, 1.54) is 0 Å². The van der Waals surface area contributed by atoms with Crippen LogP contribution in [0.15, 0.2) is 60.6 Å². The molecule has 21 heavy (non-hydrogen) atoms. The topological polar surface area (TPSA) is 46.3 Å². The third-order valence-electron chi connectivity index (χ3n) is 4.06. The average molecular weight is 278 g/mol. The minimum atomic E-state index is -0.309. The molecule has 2 unspecified atom stereocenters. The number of carbonyl (C=O) groups is 1. The average Bonchev–Trinajstić information content (AvgIpc) is 2.85. The van der Waals surface area contributed by atoms with E-state index in [4.69, 9.17) is 0 Å². The first-order chi connectivity index (χ1) is 10.2. The van der Waals surface area contributed by atoms with Crippen molar-refractivity contribution in [1.82, 2.24) is 10.2 Å². The molecule has 1 saturated heterocycles. The maximum Gasteiger partial charge on any atom is 0.256 e. The molecule has 0 spiro atoms. The van der Waals surface area contributed by atoms with Crippen molar-refractivity contribution in [3.63, 3.8) is 0 Å². The van der Waals surface area contributed by atoms with Crippen LogP contribution in [-0.4, -0.2) is 22.6 Å². The van der Waals surface area contributed by atoms with E-state index in [0.717, 1.165) is 22.7 Å². The van der Waals surface area contributed by atoms with Gasteiger partial charge in [-0.1, -0.05) is 48.1 Å². The van der Waals surface area contributed by atoms with Crippen molar-refractivity contribution in [2.24, 2.45) is 0 Å². The summed E-state index contributed by atoms with van der Waals surface area (Å²) in [5, 5.41) is 3.32. The number of allylic oxidation sites excluding steroid dienone is 2. The van der Waals surface area contributed by atoms with E-state index >= 15 is 0 Å². The Labute approximate surface area is 123 Å². The standard InChI is InChI=1S/C17H15N3O/c1-11-5-4-6-12(9-11)16-17(21)20-14-8-3-2-7-13(14)18-10-15(20)19-16/h2-10,14,16,19H,1H3/p+1. The number of aryl methyl sites for hydroxylation is 1. The van der Waals surface area contributed by atoms with Crippen LogP contribution in [0.5, 0.6) is 0 Å². The summed E-state index contributed by atoms with van der Waals surface area (Å²) in [7, 11) is 0. The van der Waals surface area contributed by atoms with Crippen LogP contribution in [0.3, 0.4) is 0 Å². The van der Waals surface area contributed by atoms with E-state index in [2.05, 4.69) is 16.4 Å². The number of fused-ring (bicyclic) bond motifs is 3. The largest absolute Gasteiger partial charge is 0.351 e. The van der Waals surface area contributed by atoms with Crippen LogP contribution in [0.1, 0.15) is 17.2 Å². The van der Waals surface area contributed by atoms with Gasteiger partial charge in [0.2, 0.25) is 11.9 Å². The molecule has 4 heteroatoms. The molecule has 2 aliphatic heterocycles. The van der Waals surface area contributed by atoms with E-state index in [9.17, 15) is 4.79 Å². The normalized spacial score (nSPS) is 26.0. The quantitative estimate of drug-likeness (QED) is 0.776. The van der Waals surface area contributed by atoms with Crippen LogP contribution in [0, 0.1) is 6.92 Å². The van der Waals surface area contributed by atoms with Gasteiger partial charge < -0.3 is 5.32 Å². The lowest BCUT2D eigenvalue weighted by Gasteiger charge is -2.25. The van der Waals surface area contributed by atoms with Crippen molar-refractivity contribution in [1.29, 1.82) is 0 Å². The van der Waals surface area contributed by atoms with Crippen LogP contribution in [0.2, 0.25) is 0 Å². The van der Waals surface area contributed by atoms with Gasteiger partial charge >= 0.3 is 0 Å². The number of carbonyl (C=O) groups excluding carboxylic acids is 1. The Morgan fingerprint density at radius 1 is 1.29 bits per heavy atom. The Hall–Kier alpha value is -2.62. The molecule has 2 heterocycles. The van der Waals surface area contributed by atoms with Crippen LogP contribution < -0.4 is 10.3 Å². The number of hydrogen-bond donors (Lipinski definition) is 2. The molecular formula is C17H16N3O+. The zero-order valence-electron chi connectivity index (χ0n) is 11.7. The molecule has 3 aliphatic rings. The molecule has 1 fully saturated rings. The summed E-state index contributed by atoms with van der Waals surface area (Å²) in [4.78, 5) is 17.9. The summed E-state index contributed by atoms with van der Waals surface area (Å²) in [5.74, 6) is 0.927. The first kappa shape index (κ1) is 12.1. The molecule has 1 aromatic rings. The highest BCUT2D eigenvalue weighted by molar-refractivity contribution is 6.02. The third kappa shape index (κ3) is 1.83. The molecule has 0 aromatic heterocycles. The summed E-state index contributed by atoms with van der Waals surface area (Å²) < 4.78 is 0. The zero-order valence-corrected chi connectivity index (χ0v) is 11.7. The Morgan fingerprint density at radius 3 is 3.05 bits per heavy atom. The predicted molar refractivity (Wildman–Crippen MR) is 80.0 cm³/mol. The molecule has 0 bridgehead atoms. The lowest BCUT2D eigenvalue weighted by atomic mass is 10.0. The lowest BCUT2D eigenvalue weighted by molar-refractivity contribution is -0.380. The van der Waals surface area contributed by atoms with Gasteiger partial charge in [0.25, 0.3) is 5.91 Å². The second-order valence-corrected chi connectivity index (χ2v) is 5.52. The Kier molecular flexibility index (Phi) is 2.57. The van der Waals surface area contributed by atoms with Crippen LogP contribution in [-0.2, 0) is 4.79 Å². The minimum Gasteiger partial charge on any atom is -0.351 e. The Morgan fingerprint density at radius 2 is 2.19 bits per heavy atom. The fraction of sp³-hybridized carbons (Fsp3) is 0.176. The van der Waals surface area contributed by atoms with Gasteiger partial charge in [-0.3, -0.25) is 9.69 Å². The monoisotopic (exact) mass is 278 g/mol. The van der Waals surface area contributed by atoms with Crippen LogP contribution >= 0.6 is 0 Å². The van der Waals surface area contributed by atoms with Gasteiger partial charge in [-0.2, -0.15) is 0 Å². The number of nitrogens with zero attached hydrogens (tertiary/aromatic N) is 1. The van der Waals surface area contributed by atoms with Gasteiger partial charge in [0.1, 0.15) is 12.1 Å². The molecule has 1 aliphatic carbocycles. The SMILES string of the molecule is Cc1cccc(C2NC3=C[NH+]=C4C=CC=CC4N3C2=O)c1.